The molecule has 0 spiro atoms. The molecule has 0 aromatic heterocycles. The van der Waals surface area contributed by atoms with Crippen molar-refractivity contribution in [3.8, 4) is 11.5 Å². The molecule has 0 saturated heterocycles. The number of benzene rings is 3. The van der Waals surface area contributed by atoms with Gasteiger partial charge in [0.05, 0.1) is 11.8 Å². The fourth-order valence-corrected chi connectivity index (χ4v) is 2.95. The van der Waals surface area contributed by atoms with Gasteiger partial charge in [-0.25, -0.2) is 10.2 Å². The number of carbonyl (C=O) groups excluding carboxylic acids is 2. The number of nitrogens with zero attached hydrogens (tertiary/aromatic N) is 1. The number of hydrazone groups is 1. The van der Waals surface area contributed by atoms with Crippen LogP contribution in [0.3, 0.4) is 0 Å². The zero-order chi connectivity index (χ0) is 22.1. The number of esters is 1. The van der Waals surface area contributed by atoms with E-state index in [9.17, 15) is 9.59 Å². The summed E-state index contributed by atoms with van der Waals surface area (Å²) in [6.45, 7) is 3.98. The molecule has 31 heavy (non-hydrogen) atoms. The minimum absolute atomic E-state index is 0.342. The van der Waals surface area contributed by atoms with Crippen LogP contribution in [0.4, 0.5) is 0 Å². The predicted octanol–water partition coefficient (Wildman–Crippen LogP) is 5.00. The zero-order valence-electron chi connectivity index (χ0n) is 16.5. The molecule has 0 atom stereocenters. The van der Waals surface area contributed by atoms with Crippen LogP contribution in [0.2, 0.25) is 0 Å². The molecule has 0 aliphatic heterocycles. The molecule has 0 bridgehead atoms. The normalized spacial score (nSPS) is 10.5. The van der Waals surface area contributed by atoms with E-state index in [-0.39, 0.29) is 5.91 Å². The van der Waals surface area contributed by atoms with Crippen molar-refractivity contribution in [3.63, 3.8) is 0 Å². The molecule has 3 aromatic rings. The Morgan fingerprint density at radius 3 is 2.32 bits per heavy atom. The second-order valence-corrected chi connectivity index (χ2v) is 7.12. The van der Waals surface area contributed by atoms with Crippen LogP contribution < -0.4 is 14.9 Å². The maximum absolute atomic E-state index is 12.2. The summed E-state index contributed by atoms with van der Waals surface area (Å²) in [4.78, 5) is 24.4. The lowest BCUT2D eigenvalue weighted by molar-refractivity contribution is 0.0733. The number of nitrogens with one attached hydrogen (secondary N) is 1. The number of hydrogen-bond acceptors (Lipinski definition) is 5. The fraction of sp³-hybridized carbons (Fsp3) is 0.0417. The third-order valence-corrected chi connectivity index (χ3v) is 4.74. The van der Waals surface area contributed by atoms with E-state index in [4.69, 9.17) is 9.47 Å². The van der Waals surface area contributed by atoms with Crippen LogP contribution in [-0.4, -0.2) is 24.7 Å². The highest BCUT2D eigenvalue weighted by atomic mass is 79.9. The maximum atomic E-state index is 12.2. The average Bonchev–Trinajstić information content (AvgIpc) is 2.79. The molecular weight excluding hydrogens is 460 g/mol. The maximum Gasteiger partial charge on any atom is 0.344 e. The first kappa shape index (κ1) is 22.0. The summed E-state index contributed by atoms with van der Waals surface area (Å²) in [5.41, 5.74) is 4.10. The van der Waals surface area contributed by atoms with Crippen molar-refractivity contribution >= 4 is 34.0 Å². The van der Waals surface area contributed by atoms with Gasteiger partial charge in [-0.15, -0.1) is 0 Å². The number of ether oxygens (including phenoxy) is 2. The topological polar surface area (TPSA) is 77.0 Å². The SMILES string of the molecule is C=CCOc1ccc(C(=O)N/N=C\c2ccc(OC(=O)c3ccccc3Br)cc2)cc1. The van der Waals surface area contributed by atoms with E-state index in [1.807, 2.05) is 6.07 Å². The second-order valence-electron chi connectivity index (χ2n) is 6.26. The zero-order valence-corrected chi connectivity index (χ0v) is 18.0. The minimum atomic E-state index is -0.456. The Labute approximate surface area is 188 Å². The number of rotatable bonds is 8. The van der Waals surface area contributed by atoms with Gasteiger partial charge < -0.3 is 9.47 Å². The lowest BCUT2D eigenvalue weighted by atomic mass is 10.2. The van der Waals surface area contributed by atoms with E-state index in [0.717, 1.165) is 5.56 Å². The van der Waals surface area contributed by atoms with Crippen LogP contribution in [0.15, 0.2) is 95.0 Å². The molecule has 0 aliphatic carbocycles. The van der Waals surface area contributed by atoms with E-state index in [1.165, 1.54) is 6.21 Å². The molecule has 3 aromatic carbocycles. The summed E-state index contributed by atoms with van der Waals surface area (Å²) in [7, 11) is 0. The van der Waals surface area contributed by atoms with Crippen LogP contribution in [0, 0.1) is 0 Å². The van der Waals surface area contributed by atoms with Crippen molar-refractivity contribution in [3.05, 3.63) is 107 Å². The van der Waals surface area contributed by atoms with Gasteiger partial charge in [-0.05, 0) is 82.2 Å². The summed E-state index contributed by atoms with van der Waals surface area (Å²) in [5, 5.41) is 3.96. The highest BCUT2D eigenvalue weighted by Gasteiger charge is 2.11. The highest BCUT2D eigenvalue weighted by Crippen LogP contribution is 2.19. The van der Waals surface area contributed by atoms with Gasteiger partial charge >= 0.3 is 5.97 Å². The first-order chi connectivity index (χ1) is 15.1. The molecule has 0 unspecified atom stereocenters. The standard InChI is InChI=1S/C24H19BrN2O4/c1-2-15-30-19-13-9-18(10-14-19)23(28)27-26-16-17-7-11-20(12-8-17)31-24(29)21-5-3-4-6-22(21)25/h2-14,16H,1,15H2,(H,27,28)/b26-16-. The van der Waals surface area contributed by atoms with Gasteiger partial charge in [0.25, 0.3) is 5.91 Å². The van der Waals surface area contributed by atoms with E-state index >= 15 is 0 Å². The molecule has 3 rings (SSSR count). The van der Waals surface area contributed by atoms with Crippen molar-refractivity contribution in [1.29, 1.82) is 0 Å². The van der Waals surface area contributed by atoms with Gasteiger partial charge in [-0.1, -0.05) is 24.8 Å². The first-order valence-electron chi connectivity index (χ1n) is 9.31. The van der Waals surface area contributed by atoms with Crippen LogP contribution in [0.25, 0.3) is 0 Å². The quantitative estimate of drug-likeness (QED) is 0.162. The first-order valence-corrected chi connectivity index (χ1v) is 10.1. The van der Waals surface area contributed by atoms with Crippen LogP contribution >= 0.6 is 15.9 Å². The Hall–Kier alpha value is -3.71. The van der Waals surface area contributed by atoms with Gasteiger partial charge in [0.1, 0.15) is 18.1 Å². The molecular formula is C24H19BrN2O4. The molecule has 1 N–H and O–H groups in total. The van der Waals surface area contributed by atoms with Gasteiger partial charge in [0.2, 0.25) is 0 Å². The number of amides is 1. The molecule has 7 heteroatoms. The van der Waals surface area contributed by atoms with Gasteiger partial charge in [0, 0.05) is 10.0 Å². The Kier molecular flexibility index (Phi) is 7.73. The van der Waals surface area contributed by atoms with E-state index < -0.39 is 5.97 Å². The van der Waals surface area contributed by atoms with Crippen molar-refractivity contribution in [2.24, 2.45) is 5.10 Å². The largest absolute Gasteiger partial charge is 0.490 e. The lowest BCUT2D eigenvalue weighted by Gasteiger charge is -2.06. The monoisotopic (exact) mass is 478 g/mol. The predicted molar refractivity (Wildman–Crippen MR) is 123 cm³/mol. The minimum Gasteiger partial charge on any atom is -0.490 e. The molecule has 0 fully saturated rings. The molecule has 6 nitrogen and oxygen atoms in total. The Morgan fingerprint density at radius 2 is 1.65 bits per heavy atom. The molecule has 1 amide bonds. The third-order valence-electron chi connectivity index (χ3n) is 4.05. The summed E-state index contributed by atoms with van der Waals surface area (Å²) in [6.07, 6.45) is 3.15. The van der Waals surface area contributed by atoms with Gasteiger partial charge in [0.15, 0.2) is 0 Å². The lowest BCUT2D eigenvalue weighted by Crippen LogP contribution is -2.17. The van der Waals surface area contributed by atoms with E-state index in [0.29, 0.717) is 33.7 Å². The van der Waals surface area contributed by atoms with Crippen LogP contribution in [0.5, 0.6) is 11.5 Å². The summed E-state index contributed by atoms with van der Waals surface area (Å²) >= 11 is 3.33. The number of halogens is 1. The molecule has 0 heterocycles. The van der Waals surface area contributed by atoms with Crippen LogP contribution in [0.1, 0.15) is 26.3 Å². The van der Waals surface area contributed by atoms with Gasteiger partial charge in [-0.3, -0.25) is 4.79 Å². The van der Waals surface area contributed by atoms with Crippen molar-refractivity contribution < 1.29 is 19.1 Å². The molecule has 0 saturated carbocycles. The van der Waals surface area contributed by atoms with Crippen molar-refractivity contribution in [1.82, 2.24) is 5.43 Å². The van der Waals surface area contributed by atoms with Crippen molar-refractivity contribution in [2.45, 2.75) is 0 Å². The third kappa shape index (κ3) is 6.38. The summed E-state index contributed by atoms with van der Waals surface area (Å²) in [5.74, 6) is 0.258. The second kappa shape index (κ2) is 10.9. The smallest absolute Gasteiger partial charge is 0.344 e. The Morgan fingerprint density at radius 1 is 0.968 bits per heavy atom. The van der Waals surface area contributed by atoms with E-state index in [2.05, 4.69) is 33.0 Å². The number of carbonyl (C=O) groups is 2. The highest BCUT2D eigenvalue weighted by molar-refractivity contribution is 9.10. The summed E-state index contributed by atoms with van der Waals surface area (Å²) in [6, 6.07) is 20.5. The average molecular weight is 479 g/mol. The fourth-order valence-electron chi connectivity index (χ4n) is 2.50. The van der Waals surface area contributed by atoms with Crippen molar-refractivity contribution in [2.75, 3.05) is 6.61 Å². The molecule has 0 radical (unpaired) electrons. The van der Waals surface area contributed by atoms with Gasteiger partial charge in [-0.2, -0.15) is 5.10 Å². The van der Waals surface area contributed by atoms with Crippen LogP contribution in [-0.2, 0) is 0 Å². The molecule has 0 aliphatic rings. The van der Waals surface area contributed by atoms with E-state index in [1.54, 1.807) is 72.8 Å². The summed E-state index contributed by atoms with van der Waals surface area (Å²) < 4.78 is 11.4. The Balaban J connectivity index is 1.53. The molecule has 156 valence electrons. The number of hydrogen-bond donors (Lipinski definition) is 1. The Bertz CT molecular complexity index is 1090.